The summed E-state index contributed by atoms with van der Waals surface area (Å²) >= 11 is 0. The van der Waals surface area contributed by atoms with E-state index in [1.807, 2.05) is 0 Å². The number of carbonyl (C=O) groups is 1. The molecule has 9 nitrogen and oxygen atoms in total. The zero-order chi connectivity index (χ0) is 26.0. The van der Waals surface area contributed by atoms with E-state index in [9.17, 15) is 19.1 Å². The molecule has 4 rings (SSSR count). The number of anilines is 1. The standard InChI is InChI=1S/C26H22FN3O6/c1-4-16-18(27)9-8-14-11-15(31)12-17(20(14)16)23-13(3)22-21(25(34)36-23)24(28-10-6-7-19(32)33)30-26(29-22)35-5-2/h1,8-9,11-12,31H,5-7,10H2,2-3H3,(H,32,33)(H,28,29,30). The number of nitrogens with zero attached hydrogens (tertiary/aromatic N) is 2. The number of nitrogens with one attached hydrogen (secondary N) is 1. The molecule has 0 bridgehead atoms. The maximum absolute atomic E-state index is 14.6. The van der Waals surface area contributed by atoms with Crippen molar-refractivity contribution in [2.45, 2.75) is 26.7 Å². The van der Waals surface area contributed by atoms with E-state index >= 15 is 0 Å². The van der Waals surface area contributed by atoms with E-state index in [1.165, 1.54) is 24.3 Å². The van der Waals surface area contributed by atoms with Crippen molar-refractivity contribution in [2.24, 2.45) is 0 Å². The fourth-order valence-electron chi connectivity index (χ4n) is 4.00. The van der Waals surface area contributed by atoms with Crippen molar-refractivity contribution in [3.05, 3.63) is 51.6 Å². The number of carboxylic acid groups (broad SMARTS) is 1. The molecule has 2 heterocycles. The summed E-state index contributed by atoms with van der Waals surface area (Å²) in [5.74, 6) is 0.811. The first-order valence-corrected chi connectivity index (χ1v) is 11.1. The number of hydrogen-bond acceptors (Lipinski definition) is 8. The maximum Gasteiger partial charge on any atom is 0.349 e. The topological polar surface area (TPSA) is 135 Å². The third kappa shape index (κ3) is 4.51. The molecule has 0 saturated heterocycles. The predicted octanol–water partition coefficient (Wildman–Crippen LogP) is 4.21. The number of carboxylic acids is 1. The molecule has 0 radical (unpaired) electrons. The molecule has 3 N–H and O–H groups in total. The molecule has 184 valence electrons. The molecule has 2 aromatic heterocycles. The first-order chi connectivity index (χ1) is 17.2. The first-order valence-electron chi connectivity index (χ1n) is 11.1. The monoisotopic (exact) mass is 491 g/mol. The van der Waals surface area contributed by atoms with Crippen LogP contribution in [-0.2, 0) is 4.79 Å². The zero-order valence-corrected chi connectivity index (χ0v) is 19.5. The Morgan fingerprint density at radius 1 is 1.28 bits per heavy atom. The molecule has 0 aliphatic rings. The van der Waals surface area contributed by atoms with E-state index in [4.69, 9.17) is 20.7 Å². The fourth-order valence-corrected chi connectivity index (χ4v) is 4.00. The van der Waals surface area contributed by atoms with Crippen molar-refractivity contribution >= 4 is 33.5 Å². The lowest BCUT2D eigenvalue weighted by Gasteiger charge is -2.15. The van der Waals surface area contributed by atoms with Gasteiger partial charge in [-0.2, -0.15) is 9.97 Å². The van der Waals surface area contributed by atoms with Crippen LogP contribution in [0, 0.1) is 25.1 Å². The summed E-state index contributed by atoms with van der Waals surface area (Å²) in [4.78, 5) is 32.7. The molecule has 2 aromatic carbocycles. The highest BCUT2D eigenvalue weighted by Crippen LogP contribution is 2.38. The molecule has 0 amide bonds. The van der Waals surface area contributed by atoms with Crippen LogP contribution in [0.4, 0.5) is 10.2 Å². The number of aryl methyl sites for hydroxylation is 1. The maximum atomic E-state index is 14.6. The van der Waals surface area contributed by atoms with Crippen LogP contribution in [0.3, 0.4) is 0 Å². The number of phenols is 1. The highest BCUT2D eigenvalue weighted by molar-refractivity contribution is 6.03. The summed E-state index contributed by atoms with van der Waals surface area (Å²) in [5, 5.41) is 23.0. The van der Waals surface area contributed by atoms with Crippen LogP contribution >= 0.6 is 0 Å². The average molecular weight is 491 g/mol. The average Bonchev–Trinajstić information content (AvgIpc) is 2.83. The van der Waals surface area contributed by atoms with Gasteiger partial charge < -0.3 is 24.7 Å². The molecule has 0 aliphatic carbocycles. The van der Waals surface area contributed by atoms with Crippen LogP contribution in [0.15, 0.2) is 33.5 Å². The molecule has 0 unspecified atom stereocenters. The molecule has 0 atom stereocenters. The second-order valence-corrected chi connectivity index (χ2v) is 7.94. The summed E-state index contributed by atoms with van der Waals surface area (Å²) in [6, 6.07) is 5.45. The van der Waals surface area contributed by atoms with Crippen molar-refractivity contribution in [1.29, 1.82) is 0 Å². The lowest BCUT2D eigenvalue weighted by molar-refractivity contribution is -0.137. The number of fused-ring (bicyclic) bond motifs is 2. The number of benzene rings is 2. The summed E-state index contributed by atoms with van der Waals surface area (Å²) in [5.41, 5.74) is 0.0189. The molecule has 10 heteroatoms. The second kappa shape index (κ2) is 9.92. The van der Waals surface area contributed by atoms with Gasteiger partial charge in [0, 0.05) is 29.5 Å². The third-order valence-electron chi connectivity index (χ3n) is 5.56. The van der Waals surface area contributed by atoms with Gasteiger partial charge in [0.2, 0.25) is 0 Å². The lowest BCUT2D eigenvalue weighted by Crippen LogP contribution is -2.13. The van der Waals surface area contributed by atoms with Gasteiger partial charge in [0.1, 0.15) is 28.5 Å². The highest BCUT2D eigenvalue weighted by atomic mass is 19.1. The van der Waals surface area contributed by atoms with Gasteiger partial charge in [0.05, 0.1) is 17.7 Å². The molecule has 0 aliphatic heterocycles. The largest absolute Gasteiger partial charge is 0.508 e. The van der Waals surface area contributed by atoms with E-state index in [0.717, 1.165) is 0 Å². The van der Waals surface area contributed by atoms with Crippen molar-refractivity contribution in [3.63, 3.8) is 0 Å². The van der Waals surface area contributed by atoms with Crippen LogP contribution in [0.5, 0.6) is 11.8 Å². The van der Waals surface area contributed by atoms with Crippen molar-refractivity contribution in [1.82, 2.24) is 9.97 Å². The quantitative estimate of drug-likeness (QED) is 0.245. The van der Waals surface area contributed by atoms with E-state index in [0.29, 0.717) is 22.8 Å². The van der Waals surface area contributed by atoms with Gasteiger partial charge >= 0.3 is 17.6 Å². The van der Waals surface area contributed by atoms with Crippen molar-refractivity contribution < 1.29 is 28.6 Å². The number of ether oxygens (including phenoxy) is 1. The Balaban J connectivity index is 1.99. The smallest absolute Gasteiger partial charge is 0.349 e. The summed E-state index contributed by atoms with van der Waals surface area (Å²) in [6.07, 6.45) is 5.81. The summed E-state index contributed by atoms with van der Waals surface area (Å²) in [6.45, 7) is 3.90. The van der Waals surface area contributed by atoms with Crippen LogP contribution in [0.1, 0.15) is 30.9 Å². The Morgan fingerprint density at radius 3 is 2.75 bits per heavy atom. The van der Waals surface area contributed by atoms with Crippen molar-refractivity contribution in [3.8, 4) is 35.4 Å². The molecule has 36 heavy (non-hydrogen) atoms. The minimum absolute atomic E-state index is 0.00140. The normalized spacial score (nSPS) is 10.9. The van der Waals surface area contributed by atoms with Crippen LogP contribution in [0.25, 0.3) is 33.0 Å². The summed E-state index contributed by atoms with van der Waals surface area (Å²) in [7, 11) is 0. The van der Waals surface area contributed by atoms with Crippen LogP contribution in [-0.4, -0.2) is 39.3 Å². The van der Waals surface area contributed by atoms with Crippen molar-refractivity contribution in [2.75, 3.05) is 18.5 Å². The number of terminal acetylenes is 1. The van der Waals surface area contributed by atoms with Gasteiger partial charge in [-0.05, 0) is 43.9 Å². The zero-order valence-electron chi connectivity index (χ0n) is 19.5. The van der Waals surface area contributed by atoms with E-state index in [-0.39, 0.29) is 64.9 Å². The SMILES string of the molecule is C#Cc1c(F)ccc2cc(O)cc(-c3oc(=O)c4c(NCCCC(=O)O)nc(OCC)nc4c3C)c12. The first kappa shape index (κ1) is 24.5. The minimum Gasteiger partial charge on any atom is -0.508 e. The summed E-state index contributed by atoms with van der Waals surface area (Å²) < 4.78 is 25.7. The molecule has 0 spiro atoms. The fraction of sp³-hybridized carbons (Fsp3) is 0.231. The second-order valence-electron chi connectivity index (χ2n) is 7.94. The molecular formula is C26H22FN3O6. The van der Waals surface area contributed by atoms with Gasteiger partial charge in [-0.1, -0.05) is 12.0 Å². The Kier molecular flexibility index (Phi) is 6.74. The van der Waals surface area contributed by atoms with Gasteiger partial charge in [-0.25, -0.2) is 9.18 Å². The number of hydrogen-bond donors (Lipinski definition) is 3. The lowest BCUT2D eigenvalue weighted by atomic mass is 9.95. The molecule has 4 aromatic rings. The molecule has 0 saturated carbocycles. The number of aromatic hydroxyl groups is 1. The van der Waals surface area contributed by atoms with Gasteiger partial charge in [-0.3, -0.25) is 4.79 Å². The van der Waals surface area contributed by atoms with Gasteiger partial charge in [-0.15, -0.1) is 6.42 Å². The number of aromatic nitrogens is 2. The number of halogens is 1. The Bertz CT molecular complexity index is 1610. The molecular weight excluding hydrogens is 469 g/mol. The van der Waals surface area contributed by atoms with E-state index in [1.54, 1.807) is 13.8 Å². The highest BCUT2D eigenvalue weighted by Gasteiger charge is 2.22. The Labute approximate surface area is 204 Å². The minimum atomic E-state index is -0.944. The number of aliphatic carboxylic acids is 1. The van der Waals surface area contributed by atoms with Crippen LogP contribution < -0.4 is 15.7 Å². The number of phenolic OH excluding ortho intramolecular Hbond substituents is 1. The van der Waals surface area contributed by atoms with Gasteiger partial charge in [0.15, 0.2) is 0 Å². The Hall–Kier alpha value is -4.65. The van der Waals surface area contributed by atoms with Crippen LogP contribution in [0.2, 0.25) is 0 Å². The number of rotatable bonds is 8. The molecule has 0 fully saturated rings. The van der Waals surface area contributed by atoms with E-state index < -0.39 is 17.4 Å². The van der Waals surface area contributed by atoms with Gasteiger partial charge in [0.25, 0.3) is 0 Å². The van der Waals surface area contributed by atoms with E-state index in [2.05, 4.69) is 21.2 Å². The third-order valence-corrected chi connectivity index (χ3v) is 5.56. The Morgan fingerprint density at radius 2 is 2.06 bits per heavy atom. The predicted molar refractivity (Wildman–Crippen MR) is 132 cm³/mol.